The topological polar surface area (TPSA) is 90.2 Å². The molecule has 1 saturated heterocycles. The van der Waals surface area contributed by atoms with E-state index in [0.29, 0.717) is 22.6 Å². The highest BCUT2D eigenvalue weighted by molar-refractivity contribution is 5.96. The number of amides is 1. The van der Waals surface area contributed by atoms with E-state index in [9.17, 15) is 9.59 Å². The van der Waals surface area contributed by atoms with E-state index in [0.717, 1.165) is 55.1 Å². The number of ether oxygens (including phenoxy) is 3. The molecule has 0 spiro atoms. The lowest BCUT2D eigenvalue weighted by molar-refractivity contribution is -0.122. The molecule has 39 heavy (non-hydrogen) atoms. The van der Waals surface area contributed by atoms with Crippen molar-refractivity contribution in [2.75, 3.05) is 38.7 Å². The summed E-state index contributed by atoms with van der Waals surface area (Å²) in [7, 11) is 1.61. The van der Waals surface area contributed by atoms with Crippen LogP contribution in [0.15, 0.2) is 75.9 Å². The van der Waals surface area contributed by atoms with Gasteiger partial charge >= 0.3 is 5.63 Å². The maximum Gasteiger partial charge on any atom is 0.336 e. The molecule has 1 aliphatic heterocycles. The minimum atomic E-state index is -0.773. The first-order valence-electron chi connectivity index (χ1n) is 13.0. The molecule has 4 aromatic rings. The number of rotatable bonds is 8. The Kier molecular flexibility index (Phi) is 7.95. The highest BCUT2D eigenvalue weighted by Gasteiger charge is 2.19. The van der Waals surface area contributed by atoms with Gasteiger partial charge in [-0.25, -0.2) is 4.79 Å². The van der Waals surface area contributed by atoms with Gasteiger partial charge in [0.25, 0.3) is 5.91 Å². The molecule has 8 nitrogen and oxygen atoms in total. The van der Waals surface area contributed by atoms with Gasteiger partial charge in [0.05, 0.1) is 20.3 Å². The molecule has 1 amide bonds. The third kappa shape index (κ3) is 6.13. The Hall–Kier alpha value is -4.14. The second-order valence-corrected chi connectivity index (χ2v) is 9.61. The van der Waals surface area contributed by atoms with Crippen molar-refractivity contribution in [1.82, 2.24) is 4.90 Å². The van der Waals surface area contributed by atoms with Crippen LogP contribution in [0.25, 0.3) is 22.1 Å². The Balaban J connectivity index is 1.29. The average molecular weight is 529 g/mol. The number of carbonyl (C=O) groups is 1. The number of hydrogen-bond donors (Lipinski definition) is 1. The molecule has 0 saturated carbocycles. The van der Waals surface area contributed by atoms with Crippen LogP contribution in [0.5, 0.6) is 11.5 Å². The lowest BCUT2D eigenvalue weighted by Crippen LogP contribution is -2.35. The molecule has 202 valence electrons. The van der Waals surface area contributed by atoms with Gasteiger partial charge in [-0.05, 0) is 66.9 Å². The Morgan fingerprint density at radius 1 is 1.03 bits per heavy atom. The van der Waals surface area contributed by atoms with Gasteiger partial charge in [0.15, 0.2) is 6.10 Å². The Bertz CT molecular complexity index is 1510. The Morgan fingerprint density at radius 3 is 2.44 bits per heavy atom. The number of nitrogens with one attached hydrogen (secondary N) is 1. The SMILES string of the molecule is COc1ccc(-c2cc(=O)oc3c(C)c(O[C@H](C)C(=O)Nc4ccc(CN5CCOCC5)cc4)ccc23)cc1. The van der Waals surface area contributed by atoms with Gasteiger partial charge in [0.1, 0.15) is 17.1 Å². The summed E-state index contributed by atoms with van der Waals surface area (Å²) in [6.07, 6.45) is -0.773. The number of methoxy groups -OCH3 is 1. The van der Waals surface area contributed by atoms with E-state index in [2.05, 4.69) is 10.2 Å². The third-order valence-electron chi connectivity index (χ3n) is 6.92. The van der Waals surface area contributed by atoms with Crippen molar-refractivity contribution < 1.29 is 23.4 Å². The summed E-state index contributed by atoms with van der Waals surface area (Å²) >= 11 is 0. The predicted octanol–water partition coefficient (Wildman–Crippen LogP) is 5.02. The summed E-state index contributed by atoms with van der Waals surface area (Å²) in [5, 5.41) is 3.69. The number of aryl methyl sites for hydroxylation is 1. The average Bonchev–Trinajstić information content (AvgIpc) is 2.96. The van der Waals surface area contributed by atoms with E-state index in [4.69, 9.17) is 18.6 Å². The van der Waals surface area contributed by atoms with Crippen LogP contribution >= 0.6 is 0 Å². The quantitative estimate of drug-likeness (QED) is 0.321. The van der Waals surface area contributed by atoms with Crippen molar-refractivity contribution in [3.8, 4) is 22.6 Å². The van der Waals surface area contributed by atoms with Gasteiger partial charge in [-0.2, -0.15) is 0 Å². The Morgan fingerprint density at radius 2 is 1.74 bits per heavy atom. The van der Waals surface area contributed by atoms with Gasteiger partial charge in [-0.15, -0.1) is 0 Å². The molecular formula is C31H32N2O6. The van der Waals surface area contributed by atoms with E-state index in [1.807, 2.05) is 61.5 Å². The lowest BCUT2D eigenvalue weighted by Gasteiger charge is -2.26. The summed E-state index contributed by atoms with van der Waals surface area (Å²) in [4.78, 5) is 27.7. The number of hydrogen-bond acceptors (Lipinski definition) is 7. The highest BCUT2D eigenvalue weighted by Crippen LogP contribution is 2.34. The number of benzene rings is 3. The number of anilines is 1. The van der Waals surface area contributed by atoms with Crippen molar-refractivity contribution in [2.24, 2.45) is 0 Å². The van der Waals surface area contributed by atoms with Crippen LogP contribution in [0.2, 0.25) is 0 Å². The summed E-state index contributed by atoms with van der Waals surface area (Å²) in [5.41, 5.74) is 4.11. The van der Waals surface area contributed by atoms with E-state index in [-0.39, 0.29) is 5.91 Å². The standard InChI is InChI=1S/C31H32N2O6/c1-20-28(13-12-26-27(18-29(34)39-30(20)26)23-6-10-25(36-3)11-7-23)38-21(2)31(35)32-24-8-4-22(5-9-24)19-33-14-16-37-17-15-33/h4-13,18,21H,14-17,19H2,1-3H3,(H,32,35)/t21-/m1/s1. The van der Waals surface area contributed by atoms with Crippen molar-refractivity contribution in [3.63, 3.8) is 0 Å². The minimum absolute atomic E-state index is 0.274. The molecule has 0 bridgehead atoms. The molecule has 0 unspecified atom stereocenters. The largest absolute Gasteiger partial charge is 0.497 e. The van der Waals surface area contributed by atoms with Crippen molar-refractivity contribution in [3.05, 3.63) is 88.3 Å². The zero-order chi connectivity index (χ0) is 27.4. The van der Waals surface area contributed by atoms with E-state index >= 15 is 0 Å². The monoisotopic (exact) mass is 528 g/mol. The molecule has 1 atom stereocenters. The van der Waals surface area contributed by atoms with Crippen molar-refractivity contribution in [1.29, 1.82) is 0 Å². The van der Waals surface area contributed by atoms with Crippen LogP contribution in [0, 0.1) is 6.92 Å². The van der Waals surface area contributed by atoms with Gasteiger partial charge in [0.2, 0.25) is 0 Å². The molecule has 8 heteroatoms. The normalized spacial score (nSPS) is 14.6. The smallest absolute Gasteiger partial charge is 0.336 e. The van der Waals surface area contributed by atoms with Crippen LogP contribution in [-0.2, 0) is 16.1 Å². The maximum absolute atomic E-state index is 12.9. The fourth-order valence-corrected chi connectivity index (χ4v) is 4.68. The maximum atomic E-state index is 12.9. The first-order chi connectivity index (χ1) is 18.9. The number of fused-ring (bicyclic) bond motifs is 1. The molecule has 3 aromatic carbocycles. The molecular weight excluding hydrogens is 496 g/mol. The number of nitrogens with zero attached hydrogens (tertiary/aromatic N) is 1. The predicted molar refractivity (Wildman–Crippen MR) is 150 cm³/mol. The second kappa shape index (κ2) is 11.7. The van der Waals surface area contributed by atoms with Crippen LogP contribution in [0.4, 0.5) is 5.69 Å². The van der Waals surface area contributed by atoms with Crippen LogP contribution in [-0.4, -0.2) is 50.3 Å². The van der Waals surface area contributed by atoms with E-state index in [1.165, 1.54) is 11.6 Å². The molecule has 0 radical (unpaired) electrons. The molecule has 1 N–H and O–H groups in total. The minimum Gasteiger partial charge on any atom is -0.497 e. The van der Waals surface area contributed by atoms with Crippen molar-refractivity contribution >= 4 is 22.6 Å². The van der Waals surface area contributed by atoms with E-state index < -0.39 is 11.7 Å². The first-order valence-corrected chi connectivity index (χ1v) is 13.0. The zero-order valence-corrected chi connectivity index (χ0v) is 22.4. The second-order valence-electron chi connectivity index (χ2n) is 9.61. The van der Waals surface area contributed by atoms with E-state index in [1.54, 1.807) is 20.1 Å². The lowest BCUT2D eigenvalue weighted by atomic mass is 10.00. The van der Waals surface area contributed by atoms with Gasteiger partial charge in [-0.3, -0.25) is 9.69 Å². The summed E-state index contributed by atoms with van der Waals surface area (Å²) in [6, 6.07) is 20.4. The van der Waals surface area contributed by atoms with Gasteiger partial charge < -0.3 is 23.9 Å². The van der Waals surface area contributed by atoms with Crippen LogP contribution in [0.1, 0.15) is 18.1 Å². The first kappa shape index (κ1) is 26.5. The Labute approximate surface area is 227 Å². The molecule has 1 fully saturated rings. The van der Waals surface area contributed by atoms with Crippen LogP contribution in [0.3, 0.4) is 0 Å². The molecule has 2 heterocycles. The van der Waals surface area contributed by atoms with Crippen LogP contribution < -0.4 is 20.4 Å². The van der Waals surface area contributed by atoms with Gasteiger partial charge in [0, 0.05) is 42.3 Å². The summed E-state index contributed by atoms with van der Waals surface area (Å²) in [6.45, 7) is 7.74. The molecule has 0 aliphatic carbocycles. The summed E-state index contributed by atoms with van der Waals surface area (Å²) < 4.78 is 22.2. The third-order valence-corrected chi connectivity index (χ3v) is 6.92. The summed E-state index contributed by atoms with van der Waals surface area (Å²) in [5.74, 6) is 0.930. The number of morpholine rings is 1. The molecule has 1 aromatic heterocycles. The van der Waals surface area contributed by atoms with Crippen molar-refractivity contribution in [2.45, 2.75) is 26.5 Å². The fraction of sp³-hybridized carbons (Fsp3) is 0.290. The molecule has 5 rings (SSSR count). The number of carbonyl (C=O) groups excluding carboxylic acids is 1. The fourth-order valence-electron chi connectivity index (χ4n) is 4.68. The molecule has 1 aliphatic rings. The van der Waals surface area contributed by atoms with Gasteiger partial charge in [-0.1, -0.05) is 24.3 Å². The highest BCUT2D eigenvalue weighted by atomic mass is 16.5. The zero-order valence-electron chi connectivity index (χ0n) is 22.4.